The fraction of sp³-hybridized carbons (Fsp3) is 0.217. The number of benzene rings is 3. The summed E-state index contributed by atoms with van der Waals surface area (Å²) in [5.74, 6) is -9.53. The summed E-state index contributed by atoms with van der Waals surface area (Å²) in [5.41, 5.74) is -1.34. The quantitative estimate of drug-likeness (QED) is 0.341. The predicted molar refractivity (Wildman–Crippen MR) is 102 cm³/mol. The molecule has 2 nitrogen and oxygen atoms in total. The Kier molecular flexibility index (Phi) is 6.85. The SMILES string of the molecule is CCc1ccc(-c2c([O])cc(F)c(CCc3cc(F)c(OC(F)(F)F)c(F)c3)c2F)c(F)c1. The highest BCUT2D eigenvalue weighted by Gasteiger charge is 2.34. The van der Waals surface area contributed by atoms with Gasteiger partial charge in [0.25, 0.3) is 0 Å². The van der Waals surface area contributed by atoms with E-state index in [1.165, 1.54) is 12.1 Å². The van der Waals surface area contributed by atoms with Crippen molar-refractivity contribution in [2.24, 2.45) is 0 Å². The molecule has 0 aliphatic carbocycles. The molecule has 0 spiro atoms. The highest BCUT2D eigenvalue weighted by Crippen LogP contribution is 2.38. The Bertz CT molecular complexity index is 1170. The first kappa shape index (κ1) is 24.3. The molecule has 0 aliphatic heterocycles. The van der Waals surface area contributed by atoms with E-state index in [2.05, 4.69) is 4.74 Å². The highest BCUT2D eigenvalue weighted by molar-refractivity contribution is 5.72. The molecule has 0 saturated heterocycles. The van der Waals surface area contributed by atoms with Gasteiger partial charge in [-0.15, -0.1) is 13.2 Å². The third kappa shape index (κ3) is 5.37. The zero-order valence-corrected chi connectivity index (χ0v) is 16.9. The Labute approximate surface area is 183 Å². The van der Waals surface area contributed by atoms with E-state index in [4.69, 9.17) is 0 Å². The minimum Gasteiger partial charge on any atom is -0.399 e. The van der Waals surface area contributed by atoms with Crippen LogP contribution in [0.15, 0.2) is 36.4 Å². The lowest BCUT2D eigenvalue weighted by molar-refractivity contribution is -0.276. The van der Waals surface area contributed by atoms with E-state index >= 15 is 4.39 Å². The molecule has 3 aromatic rings. The van der Waals surface area contributed by atoms with Crippen LogP contribution in [0.5, 0.6) is 11.5 Å². The molecule has 0 saturated carbocycles. The summed E-state index contributed by atoms with van der Waals surface area (Å²) in [4.78, 5) is 0. The number of halogens is 8. The van der Waals surface area contributed by atoms with Gasteiger partial charge in [-0.1, -0.05) is 19.1 Å². The lowest BCUT2D eigenvalue weighted by Gasteiger charge is -2.14. The first-order valence-corrected chi connectivity index (χ1v) is 9.61. The third-order valence-corrected chi connectivity index (χ3v) is 4.93. The smallest absolute Gasteiger partial charge is 0.399 e. The topological polar surface area (TPSA) is 29.1 Å². The zero-order valence-electron chi connectivity index (χ0n) is 16.9. The fourth-order valence-corrected chi connectivity index (χ4v) is 3.34. The van der Waals surface area contributed by atoms with Crippen molar-refractivity contribution >= 4 is 0 Å². The van der Waals surface area contributed by atoms with Gasteiger partial charge in [0.15, 0.2) is 17.4 Å². The summed E-state index contributed by atoms with van der Waals surface area (Å²) in [6, 6.07) is 5.34. The van der Waals surface area contributed by atoms with Gasteiger partial charge < -0.3 is 4.74 Å². The lowest BCUT2D eigenvalue weighted by Crippen LogP contribution is -2.19. The summed E-state index contributed by atoms with van der Waals surface area (Å²) in [5, 5.41) is 12.2. The second-order valence-electron chi connectivity index (χ2n) is 7.13. The average molecular weight is 475 g/mol. The number of aryl methyl sites for hydroxylation is 2. The summed E-state index contributed by atoms with van der Waals surface area (Å²) in [6.07, 6.45) is -5.75. The molecule has 33 heavy (non-hydrogen) atoms. The molecule has 3 rings (SSSR count). The van der Waals surface area contributed by atoms with Gasteiger partial charge in [-0.05, 0) is 48.6 Å². The molecule has 0 aromatic heterocycles. The van der Waals surface area contributed by atoms with Crippen molar-refractivity contribution < 1.29 is 45.0 Å². The molecular weight excluding hydrogens is 460 g/mol. The molecule has 0 heterocycles. The molecule has 0 amide bonds. The lowest BCUT2D eigenvalue weighted by atomic mass is 9.95. The number of alkyl halides is 3. The Hall–Kier alpha value is -3.30. The van der Waals surface area contributed by atoms with Crippen molar-refractivity contribution in [2.75, 3.05) is 0 Å². The van der Waals surface area contributed by atoms with Crippen LogP contribution >= 0.6 is 0 Å². The van der Waals surface area contributed by atoms with Crippen molar-refractivity contribution in [3.05, 3.63) is 82.2 Å². The number of hydrogen-bond acceptors (Lipinski definition) is 1. The summed E-state index contributed by atoms with van der Waals surface area (Å²) in [7, 11) is 0. The van der Waals surface area contributed by atoms with Crippen LogP contribution in [0, 0.1) is 29.1 Å². The monoisotopic (exact) mass is 475 g/mol. The van der Waals surface area contributed by atoms with Gasteiger partial charge in [0.1, 0.15) is 17.5 Å². The van der Waals surface area contributed by atoms with E-state index in [-0.39, 0.29) is 11.1 Å². The van der Waals surface area contributed by atoms with Gasteiger partial charge in [-0.3, -0.25) is 5.11 Å². The molecule has 0 bridgehead atoms. The maximum atomic E-state index is 15.1. The number of rotatable bonds is 6. The second kappa shape index (κ2) is 9.29. The Balaban J connectivity index is 1.93. The summed E-state index contributed by atoms with van der Waals surface area (Å²) >= 11 is 0. The van der Waals surface area contributed by atoms with Gasteiger partial charge in [0.2, 0.25) is 5.75 Å². The Morgan fingerprint density at radius 2 is 1.39 bits per heavy atom. The minimum absolute atomic E-state index is 0.218. The van der Waals surface area contributed by atoms with E-state index < -0.39 is 70.9 Å². The molecule has 1 radical (unpaired) electrons. The molecule has 0 aliphatic rings. The molecule has 10 heteroatoms. The molecule has 0 N–H and O–H groups in total. The van der Waals surface area contributed by atoms with Crippen LogP contribution in [0.2, 0.25) is 0 Å². The van der Waals surface area contributed by atoms with E-state index in [0.717, 1.165) is 6.07 Å². The van der Waals surface area contributed by atoms with Gasteiger partial charge in [-0.2, -0.15) is 0 Å². The van der Waals surface area contributed by atoms with Crippen molar-refractivity contribution in [1.82, 2.24) is 0 Å². The standard InChI is InChI=1S/C23H15F8O2/c1-2-11-3-5-13(15(24)7-11)20-19(32)10-16(25)14(21(20)28)6-4-12-8-17(26)22(18(27)9-12)33-23(29,30)31/h3,5,7-10H,2,4,6H2,1H3. The van der Waals surface area contributed by atoms with Crippen LogP contribution < -0.4 is 4.74 Å². The van der Waals surface area contributed by atoms with Crippen LogP contribution in [0.1, 0.15) is 23.6 Å². The second-order valence-corrected chi connectivity index (χ2v) is 7.13. The number of ether oxygens (including phenoxy) is 1. The van der Waals surface area contributed by atoms with Crippen LogP contribution in [0.4, 0.5) is 35.1 Å². The normalized spacial score (nSPS) is 11.7. The van der Waals surface area contributed by atoms with Gasteiger partial charge >= 0.3 is 6.36 Å². The highest BCUT2D eigenvalue weighted by atomic mass is 19.4. The van der Waals surface area contributed by atoms with Gasteiger partial charge in [-0.25, -0.2) is 22.0 Å². The van der Waals surface area contributed by atoms with E-state index in [9.17, 15) is 35.8 Å². The number of hydrogen-bond donors (Lipinski definition) is 0. The summed E-state index contributed by atoms with van der Waals surface area (Å²) in [6.45, 7) is 1.76. The molecule has 0 unspecified atom stereocenters. The first-order valence-electron chi connectivity index (χ1n) is 9.61. The third-order valence-electron chi connectivity index (χ3n) is 4.93. The molecule has 0 atom stereocenters. The Morgan fingerprint density at radius 1 is 0.788 bits per heavy atom. The van der Waals surface area contributed by atoms with Crippen LogP contribution in [0.25, 0.3) is 11.1 Å². The van der Waals surface area contributed by atoms with Gasteiger partial charge in [0, 0.05) is 17.2 Å². The minimum atomic E-state index is -5.32. The first-order chi connectivity index (χ1) is 15.4. The molecule has 0 fully saturated rings. The van der Waals surface area contributed by atoms with E-state index in [0.29, 0.717) is 30.2 Å². The summed E-state index contributed by atoms with van der Waals surface area (Å²) < 4.78 is 112. The maximum Gasteiger partial charge on any atom is 0.573 e. The van der Waals surface area contributed by atoms with Crippen LogP contribution in [-0.2, 0) is 24.4 Å². The van der Waals surface area contributed by atoms with Gasteiger partial charge in [0.05, 0.1) is 5.56 Å². The Morgan fingerprint density at radius 3 is 1.94 bits per heavy atom. The average Bonchev–Trinajstić information content (AvgIpc) is 2.70. The molecule has 3 aromatic carbocycles. The van der Waals surface area contributed by atoms with Crippen molar-refractivity contribution in [3.63, 3.8) is 0 Å². The van der Waals surface area contributed by atoms with E-state index in [1.807, 2.05) is 0 Å². The zero-order chi connectivity index (χ0) is 24.5. The predicted octanol–water partition coefficient (Wildman–Crippen LogP) is 7.44. The maximum absolute atomic E-state index is 15.1. The molecule has 175 valence electrons. The van der Waals surface area contributed by atoms with E-state index in [1.54, 1.807) is 6.92 Å². The molecular formula is C23H15F8O2. The van der Waals surface area contributed by atoms with Crippen molar-refractivity contribution in [1.29, 1.82) is 0 Å². The van der Waals surface area contributed by atoms with Crippen molar-refractivity contribution in [3.8, 4) is 22.6 Å². The largest absolute Gasteiger partial charge is 0.573 e. The van der Waals surface area contributed by atoms with Crippen LogP contribution in [0.3, 0.4) is 0 Å². The van der Waals surface area contributed by atoms with Crippen molar-refractivity contribution in [2.45, 2.75) is 32.5 Å². The fourth-order valence-electron chi connectivity index (χ4n) is 3.34. The van der Waals surface area contributed by atoms with Crippen LogP contribution in [-0.4, -0.2) is 6.36 Å².